The molecule has 1 aliphatic rings. The lowest BCUT2D eigenvalue weighted by molar-refractivity contribution is 0.0587. The Bertz CT molecular complexity index is 1110. The molecule has 0 spiro atoms. The number of hydrogen-bond donors (Lipinski definition) is 2. The third-order valence-electron chi connectivity index (χ3n) is 4.92. The molecule has 30 heavy (non-hydrogen) atoms. The van der Waals surface area contributed by atoms with E-state index in [9.17, 15) is 24.5 Å². The summed E-state index contributed by atoms with van der Waals surface area (Å²) >= 11 is 0. The Morgan fingerprint density at radius 3 is 2.30 bits per heavy atom. The summed E-state index contributed by atoms with van der Waals surface area (Å²) in [5, 5.41) is 17.8. The van der Waals surface area contributed by atoms with Crippen molar-refractivity contribution in [2.45, 2.75) is 49.1 Å². The van der Waals surface area contributed by atoms with Gasteiger partial charge in [0, 0.05) is 12.0 Å². The average molecular weight is 449 g/mol. The second-order valence-corrected chi connectivity index (χ2v) is 10.5. The first kappa shape index (κ1) is 20.8. The van der Waals surface area contributed by atoms with Crippen molar-refractivity contribution in [3.05, 3.63) is 47.9 Å². The first-order chi connectivity index (χ1) is 13.6. The van der Waals surface area contributed by atoms with Gasteiger partial charge < -0.3 is 10.4 Å². The van der Waals surface area contributed by atoms with Gasteiger partial charge in [-0.25, -0.2) is 4.98 Å². The molecule has 1 aromatic carbocycles. The van der Waals surface area contributed by atoms with Crippen LogP contribution in [0.5, 0.6) is 0 Å². The van der Waals surface area contributed by atoms with Gasteiger partial charge >= 0.3 is 10.2 Å². The number of fused-ring (bicyclic) bond motifs is 1. The third-order valence-corrected chi connectivity index (χ3v) is 6.09. The normalized spacial score (nSPS) is 18.7. The van der Waals surface area contributed by atoms with E-state index in [-0.39, 0.29) is 5.56 Å². The Morgan fingerprint density at radius 2 is 1.77 bits per heavy atom. The number of rotatable bonds is 6. The fraction of sp³-hybridized carbons (Fsp3) is 0.389. The Hall–Kier alpha value is -2.47. The molecule has 164 valence electrons. The molecular weight excluding hydrogens is 429 g/mol. The second kappa shape index (κ2) is 5.82. The zero-order chi connectivity index (χ0) is 22.0. The number of benzene rings is 1. The maximum atomic E-state index is 13.0. The molecule has 1 aliphatic carbocycles. The maximum Gasteiger partial charge on any atom is 0.310 e. The van der Waals surface area contributed by atoms with Gasteiger partial charge in [0.25, 0.3) is 5.78 Å². The van der Waals surface area contributed by atoms with Crippen molar-refractivity contribution in [1.29, 1.82) is 0 Å². The molecule has 12 heteroatoms. The largest absolute Gasteiger partial charge is 0.388 e. The second-order valence-electron chi connectivity index (χ2n) is 8.08. The predicted molar refractivity (Wildman–Crippen MR) is 103 cm³/mol. The van der Waals surface area contributed by atoms with Crippen molar-refractivity contribution in [3.63, 3.8) is 0 Å². The topological polar surface area (TPSA) is 75.3 Å². The quantitative estimate of drug-likeness (QED) is 0.481. The minimum atomic E-state index is -9.78. The van der Waals surface area contributed by atoms with Gasteiger partial charge in [-0.2, -0.15) is 14.6 Å². The van der Waals surface area contributed by atoms with Gasteiger partial charge in [-0.15, -0.1) is 0 Å². The van der Waals surface area contributed by atoms with Crippen molar-refractivity contribution in [3.8, 4) is 0 Å². The summed E-state index contributed by atoms with van der Waals surface area (Å²) in [6.45, 7) is 2.93. The molecule has 1 atom stereocenters. The molecule has 0 radical (unpaired) electrons. The number of aromatic nitrogens is 4. The van der Waals surface area contributed by atoms with Crippen LogP contribution in [0.4, 0.5) is 25.2 Å². The van der Waals surface area contributed by atoms with Crippen LogP contribution in [-0.2, 0) is 0 Å². The maximum absolute atomic E-state index is 13.0. The standard InChI is InChI=1S/C18H20F5N5OS/c1-18(2,29)16(12-5-7-13(8-6-12)30(19,20,21,22)23)27-15-9-14(11-3-4-11)26-17-24-10-25-28(15)17/h5-11,16,27,29H,3-4H2,1-2H3. The van der Waals surface area contributed by atoms with Crippen LogP contribution in [0, 0.1) is 0 Å². The lowest BCUT2D eigenvalue weighted by atomic mass is 9.92. The van der Waals surface area contributed by atoms with Crippen molar-refractivity contribution < 1.29 is 24.5 Å². The fourth-order valence-electron chi connectivity index (χ4n) is 3.25. The van der Waals surface area contributed by atoms with E-state index in [0.717, 1.165) is 30.7 Å². The van der Waals surface area contributed by atoms with Crippen LogP contribution in [0.15, 0.2) is 41.6 Å². The number of halogens is 5. The molecule has 6 nitrogen and oxygen atoms in total. The van der Waals surface area contributed by atoms with Crippen molar-refractivity contribution in [1.82, 2.24) is 19.6 Å². The molecule has 1 saturated carbocycles. The van der Waals surface area contributed by atoms with Crippen LogP contribution in [0.1, 0.15) is 49.9 Å². The summed E-state index contributed by atoms with van der Waals surface area (Å²) < 4.78 is 66.6. The van der Waals surface area contributed by atoms with E-state index in [1.165, 1.54) is 24.7 Å². The summed E-state index contributed by atoms with van der Waals surface area (Å²) in [5.74, 6) is 1.07. The lowest BCUT2D eigenvalue weighted by Gasteiger charge is -2.40. The highest BCUT2D eigenvalue weighted by molar-refractivity contribution is 8.45. The molecule has 3 aromatic rings. The van der Waals surface area contributed by atoms with E-state index in [1.54, 1.807) is 6.07 Å². The van der Waals surface area contributed by atoms with Gasteiger partial charge in [0.2, 0.25) is 0 Å². The molecule has 1 unspecified atom stereocenters. The molecule has 0 bridgehead atoms. The van der Waals surface area contributed by atoms with Crippen LogP contribution >= 0.6 is 10.2 Å². The van der Waals surface area contributed by atoms with E-state index < -0.39 is 26.8 Å². The molecule has 0 amide bonds. The van der Waals surface area contributed by atoms with Crippen molar-refractivity contribution in [2.75, 3.05) is 5.32 Å². The molecule has 0 saturated heterocycles. The molecule has 2 aromatic heterocycles. The predicted octanol–water partition coefficient (Wildman–Crippen LogP) is 5.58. The Labute approximate surface area is 168 Å². The van der Waals surface area contributed by atoms with Crippen molar-refractivity contribution in [2.24, 2.45) is 0 Å². The minimum absolute atomic E-state index is 0.200. The number of nitrogens with one attached hydrogen (secondary N) is 1. The summed E-state index contributed by atoms with van der Waals surface area (Å²) in [4.78, 5) is 6.54. The highest BCUT2D eigenvalue weighted by Gasteiger charge is 2.65. The fourth-order valence-corrected chi connectivity index (χ4v) is 3.91. The Morgan fingerprint density at radius 1 is 1.13 bits per heavy atom. The Balaban J connectivity index is 1.74. The van der Waals surface area contributed by atoms with Gasteiger partial charge in [0.1, 0.15) is 17.0 Å². The molecule has 2 N–H and O–H groups in total. The summed E-state index contributed by atoms with van der Waals surface area (Å²) in [6, 6.07) is 3.37. The minimum Gasteiger partial charge on any atom is -0.388 e. The summed E-state index contributed by atoms with van der Waals surface area (Å²) in [7, 11) is -9.78. The molecular formula is C18H20F5N5OS. The monoisotopic (exact) mass is 449 g/mol. The van der Waals surface area contributed by atoms with E-state index >= 15 is 0 Å². The number of aliphatic hydroxyl groups is 1. The van der Waals surface area contributed by atoms with Crippen LogP contribution in [-0.4, -0.2) is 30.3 Å². The first-order valence-corrected chi connectivity index (χ1v) is 11.1. The smallest absolute Gasteiger partial charge is 0.310 e. The van der Waals surface area contributed by atoms with Gasteiger partial charge in [0.05, 0.1) is 17.3 Å². The van der Waals surface area contributed by atoms with E-state index in [0.29, 0.717) is 29.6 Å². The van der Waals surface area contributed by atoms with E-state index in [2.05, 4.69) is 20.4 Å². The third kappa shape index (κ3) is 4.19. The summed E-state index contributed by atoms with van der Waals surface area (Å²) in [6.07, 6.45) is 3.29. The number of nitrogens with zero attached hydrogens (tertiary/aromatic N) is 4. The molecule has 1 fully saturated rings. The van der Waals surface area contributed by atoms with Gasteiger partial charge in [-0.1, -0.05) is 31.6 Å². The van der Waals surface area contributed by atoms with Crippen LogP contribution in [0.2, 0.25) is 0 Å². The zero-order valence-corrected chi connectivity index (χ0v) is 16.9. The SMILES string of the molecule is CC(C)(O)C(Nc1cc(C2CC2)nc2ncnn12)c1ccc(S(F)(F)(F)(F)F)cc1. The summed E-state index contributed by atoms with van der Waals surface area (Å²) in [5.41, 5.74) is -0.457. The van der Waals surface area contributed by atoms with E-state index in [1.807, 2.05) is 0 Å². The van der Waals surface area contributed by atoms with Crippen molar-refractivity contribution >= 4 is 21.8 Å². The molecule has 4 rings (SSSR count). The average Bonchev–Trinajstić information content (AvgIpc) is 3.34. The van der Waals surface area contributed by atoms with Crippen LogP contribution in [0.25, 0.3) is 5.78 Å². The Kier molecular flexibility index (Phi) is 4.03. The zero-order valence-electron chi connectivity index (χ0n) is 16.1. The van der Waals surface area contributed by atoms with Gasteiger partial charge in [0.15, 0.2) is 0 Å². The van der Waals surface area contributed by atoms with E-state index in [4.69, 9.17) is 0 Å². The first-order valence-electron chi connectivity index (χ1n) is 9.15. The number of hydrogen-bond acceptors (Lipinski definition) is 5. The highest BCUT2D eigenvalue weighted by atomic mass is 32.5. The van der Waals surface area contributed by atoms with Crippen LogP contribution in [0.3, 0.4) is 0 Å². The number of anilines is 1. The lowest BCUT2D eigenvalue weighted by Crippen LogP contribution is -2.35. The van der Waals surface area contributed by atoms with Gasteiger partial charge in [-0.05, 0) is 44.4 Å². The van der Waals surface area contributed by atoms with Gasteiger partial charge in [-0.3, -0.25) is 0 Å². The van der Waals surface area contributed by atoms with Crippen LogP contribution < -0.4 is 5.32 Å². The molecule has 0 aliphatic heterocycles. The molecule has 2 heterocycles. The highest BCUT2D eigenvalue weighted by Crippen LogP contribution is 3.02.